The Labute approximate surface area is 166 Å². The molecule has 3 aromatic heterocycles. The van der Waals surface area contributed by atoms with E-state index in [0.717, 1.165) is 62.2 Å². The monoisotopic (exact) mass is 375 g/mol. The first-order chi connectivity index (χ1) is 13.8. The molecule has 0 saturated heterocycles. The van der Waals surface area contributed by atoms with Crippen molar-refractivity contribution in [3.05, 3.63) is 71.9 Å². The lowest BCUT2D eigenvalue weighted by molar-refractivity contribution is 0.161. The molecule has 3 aromatic rings. The van der Waals surface area contributed by atoms with E-state index in [9.17, 15) is 0 Å². The van der Waals surface area contributed by atoms with Crippen molar-refractivity contribution in [1.29, 1.82) is 0 Å². The van der Waals surface area contributed by atoms with Crippen LogP contribution < -0.4 is 5.73 Å². The van der Waals surface area contributed by atoms with Crippen LogP contribution in [0.25, 0.3) is 11.7 Å². The lowest BCUT2D eigenvalue weighted by Crippen LogP contribution is -2.33. The average molecular weight is 376 g/mol. The first kappa shape index (κ1) is 18.8. The fourth-order valence-electron chi connectivity index (χ4n) is 4.21. The van der Waals surface area contributed by atoms with E-state index < -0.39 is 0 Å². The number of nitrogens with two attached hydrogens (primary N) is 1. The molecule has 4 rings (SSSR count). The SMILES string of the molecule is C=Cc1ccc2nc(CN(CCCCN)C3CCCc4cccnc43)cn2c1. The highest BCUT2D eigenvalue weighted by Crippen LogP contribution is 2.33. The second kappa shape index (κ2) is 8.67. The molecular weight excluding hydrogens is 346 g/mol. The van der Waals surface area contributed by atoms with E-state index in [-0.39, 0.29) is 0 Å². The Morgan fingerprint density at radius 1 is 1.25 bits per heavy atom. The van der Waals surface area contributed by atoms with Crippen molar-refractivity contribution in [3.8, 4) is 0 Å². The molecular formula is C23H29N5. The van der Waals surface area contributed by atoms with Gasteiger partial charge in [0.1, 0.15) is 5.65 Å². The molecule has 0 amide bonds. The molecule has 0 aliphatic heterocycles. The number of rotatable bonds is 8. The summed E-state index contributed by atoms with van der Waals surface area (Å²) in [7, 11) is 0. The first-order valence-corrected chi connectivity index (χ1v) is 10.3. The Bertz CT molecular complexity index is 945. The van der Waals surface area contributed by atoms with Gasteiger partial charge in [0.25, 0.3) is 0 Å². The summed E-state index contributed by atoms with van der Waals surface area (Å²) in [4.78, 5) is 12.2. The average Bonchev–Trinajstić information content (AvgIpc) is 3.14. The maximum absolute atomic E-state index is 5.75. The van der Waals surface area contributed by atoms with Crippen LogP contribution in [0.5, 0.6) is 0 Å². The molecule has 28 heavy (non-hydrogen) atoms. The van der Waals surface area contributed by atoms with Gasteiger partial charge in [-0.25, -0.2) is 4.98 Å². The highest BCUT2D eigenvalue weighted by molar-refractivity contribution is 5.51. The summed E-state index contributed by atoms with van der Waals surface area (Å²) in [6.45, 7) is 6.45. The number of imidazole rings is 1. The van der Waals surface area contributed by atoms with Crippen molar-refractivity contribution in [2.24, 2.45) is 5.73 Å². The van der Waals surface area contributed by atoms with Crippen molar-refractivity contribution >= 4 is 11.7 Å². The van der Waals surface area contributed by atoms with Gasteiger partial charge in [-0.1, -0.05) is 18.7 Å². The van der Waals surface area contributed by atoms with E-state index in [1.54, 1.807) is 0 Å². The van der Waals surface area contributed by atoms with Crippen molar-refractivity contribution in [1.82, 2.24) is 19.3 Å². The molecule has 0 saturated carbocycles. The summed E-state index contributed by atoms with van der Waals surface area (Å²) in [6.07, 6.45) is 13.7. The highest BCUT2D eigenvalue weighted by atomic mass is 15.2. The van der Waals surface area contributed by atoms with Gasteiger partial charge in [-0.3, -0.25) is 9.88 Å². The van der Waals surface area contributed by atoms with Gasteiger partial charge >= 0.3 is 0 Å². The zero-order valence-electron chi connectivity index (χ0n) is 16.4. The van der Waals surface area contributed by atoms with E-state index in [0.29, 0.717) is 6.04 Å². The molecule has 1 atom stereocenters. The topological polar surface area (TPSA) is 59.5 Å². The van der Waals surface area contributed by atoms with Crippen LogP contribution in [0.4, 0.5) is 0 Å². The molecule has 0 fully saturated rings. The van der Waals surface area contributed by atoms with Crippen LogP contribution in [-0.2, 0) is 13.0 Å². The Balaban J connectivity index is 1.61. The normalized spacial score (nSPS) is 16.4. The highest BCUT2D eigenvalue weighted by Gasteiger charge is 2.27. The zero-order chi connectivity index (χ0) is 19.3. The van der Waals surface area contributed by atoms with Gasteiger partial charge in [-0.15, -0.1) is 0 Å². The van der Waals surface area contributed by atoms with E-state index in [2.05, 4.69) is 52.5 Å². The molecule has 146 valence electrons. The van der Waals surface area contributed by atoms with Crippen LogP contribution in [0, 0.1) is 0 Å². The molecule has 2 N–H and O–H groups in total. The Kier molecular flexibility index (Phi) is 5.84. The summed E-state index contributed by atoms with van der Waals surface area (Å²) in [5.74, 6) is 0. The number of hydrogen-bond donors (Lipinski definition) is 1. The van der Waals surface area contributed by atoms with Gasteiger partial charge in [0.15, 0.2) is 0 Å². The summed E-state index contributed by atoms with van der Waals surface area (Å²) in [5.41, 5.74) is 11.6. The summed E-state index contributed by atoms with van der Waals surface area (Å²) in [6, 6.07) is 8.75. The lowest BCUT2D eigenvalue weighted by atomic mass is 9.90. The van der Waals surface area contributed by atoms with Crippen LogP contribution in [0.15, 0.2) is 49.4 Å². The molecule has 5 nitrogen and oxygen atoms in total. The van der Waals surface area contributed by atoms with Crippen molar-refractivity contribution in [2.75, 3.05) is 13.1 Å². The predicted molar refractivity (Wildman–Crippen MR) is 114 cm³/mol. The summed E-state index contributed by atoms with van der Waals surface area (Å²) >= 11 is 0. The van der Waals surface area contributed by atoms with Gasteiger partial charge in [0, 0.05) is 25.1 Å². The second-order valence-corrected chi connectivity index (χ2v) is 7.59. The summed E-state index contributed by atoms with van der Waals surface area (Å²) < 4.78 is 2.09. The molecule has 3 heterocycles. The van der Waals surface area contributed by atoms with Gasteiger partial charge in [0.2, 0.25) is 0 Å². The Hall–Kier alpha value is -2.50. The van der Waals surface area contributed by atoms with Crippen LogP contribution in [-0.4, -0.2) is 32.4 Å². The molecule has 0 bridgehead atoms. The van der Waals surface area contributed by atoms with Crippen molar-refractivity contribution in [2.45, 2.75) is 44.7 Å². The third kappa shape index (κ3) is 4.01. The molecule has 0 spiro atoms. The van der Waals surface area contributed by atoms with Crippen molar-refractivity contribution < 1.29 is 0 Å². The number of nitrogens with zero attached hydrogens (tertiary/aromatic N) is 4. The first-order valence-electron chi connectivity index (χ1n) is 10.3. The van der Waals surface area contributed by atoms with E-state index in [1.165, 1.54) is 17.7 Å². The third-order valence-corrected chi connectivity index (χ3v) is 5.63. The maximum Gasteiger partial charge on any atom is 0.137 e. The van der Waals surface area contributed by atoms with Gasteiger partial charge in [0.05, 0.1) is 17.4 Å². The van der Waals surface area contributed by atoms with Gasteiger partial charge in [-0.2, -0.15) is 0 Å². The quantitative estimate of drug-likeness (QED) is 0.605. The van der Waals surface area contributed by atoms with Gasteiger partial charge < -0.3 is 10.1 Å². The Morgan fingerprint density at radius 2 is 2.18 bits per heavy atom. The number of fused-ring (bicyclic) bond motifs is 2. The molecule has 1 aliphatic carbocycles. The van der Waals surface area contributed by atoms with Gasteiger partial charge in [-0.05, 0) is 74.5 Å². The smallest absolute Gasteiger partial charge is 0.137 e. The second-order valence-electron chi connectivity index (χ2n) is 7.59. The third-order valence-electron chi connectivity index (χ3n) is 5.63. The summed E-state index contributed by atoms with van der Waals surface area (Å²) in [5, 5.41) is 0. The molecule has 0 aromatic carbocycles. The minimum absolute atomic E-state index is 0.358. The fraction of sp³-hybridized carbons (Fsp3) is 0.391. The minimum Gasteiger partial charge on any atom is -0.330 e. The van der Waals surface area contributed by atoms with Crippen LogP contribution in [0.3, 0.4) is 0 Å². The lowest BCUT2D eigenvalue weighted by Gasteiger charge is -2.34. The number of pyridine rings is 2. The minimum atomic E-state index is 0.358. The zero-order valence-corrected chi connectivity index (χ0v) is 16.4. The van der Waals surface area contributed by atoms with Crippen molar-refractivity contribution in [3.63, 3.8) is 0 Å². The van der Waals surface area contributed by atoms with Crippen LogP contribution in [0.2, 0.25) is 0 Å². The maximum atomic E-state index is 5.75. The number of hydrogen-bond acceptors (Lipinski definition) is 4. The van der Waals surface area contributed by atoms with E-state index in [4.69, 9.17) is 15.7 Å². The molecule has 1 aliphatic rings. The number of aromatic nitrogens is 3. The van der Waals surface area contributed by atoms with E-state index >= 15 is 0 Å². The van der Waals surface area contributed by atoms with Crippen LogP contribution >= 0.6 is 0 Å². The molecule has 1 unspecified atom stereocenters. The van der Waals surface area contributed by atoms with Crippen LogP contribution in [0.1, 0.15) is 54.2 Å². The Morgan fingerprint density at radius 3 is 3.04 bits per heavy atom. The fourth-order valence-corrected chi connectivity index (χ4v) is 4.21. The standard InChI is InChI=1S/C23H29N5/c1-2-18-10-11-22-26-20(17-28(22)15-18)16-27(14-4-3-12-24)21-9-5-7-19-8-6-13-25-23(19)21/h2,6,8,10-11,13,15,17,21H,1,3-5,7,9,12,14,16,24H2. The predicted octanol–water partition coefficient (Wildman–Crippen LogP) is 3.99. The number of unbranched alkanes of at least 4 members (excludes halogenated alkanes) is 1. The van der Waals surface area contributed by atoms with E-state index in [1.807, 2.05) is 12.3 Å². The number of aryl methyl sites for hydroxylation is 1. The molecule has 0 radical (unpaired) electrons. The largest absolute Gasteiger partial charge is 0.330 e. The molecule has 5 heteroatoms.